The number of halogens is 1. The van der Waals surface area contributed by atoms with Crippen LogP contribution in [0.15, 0.2) is 23.1 Å². The fourth-order valence-electron chi connectivity index (χ4n) is 2.19. The molecule has 1 unspecified atom stereocenters. The fourth-order valence-corrected chi connectivity index (χ4v) is 4.12. The first-order valence-corrected chi connectivity index (χ1v) is 7.63. The minimum atomic E-state index is -3.64. The molecular formula is C12H14ClNO4S. The first-order valence-electron chi connectivity index (χ1n) is 5.81. The Morgan fingerprint density at radius 3 is 2.68 bits per heavy atom. The van der Waals surface area contributed by atoms with E-state index in [1.807, 2.05) is 0 Å². The minimum absolute atomic E-state index is 0.0275. The molecule has 0 aliphatic carbocycles. The van der Waals surface area contributed by atoms with E-state index in [1.165, 1.54) is 16.4 Å². The summed E-state index contributed by atoms with van der Waals surface area (Å²) in [7, 11) is -3.64. The second-order valence-corrected chi connectivity index (χ2v) is 6.94. The molecule has 1 N–H and O–H groups in total. The van der Waals surface area contributed by atoms with Crippen molar-refractivity contribution in [2.24, 2.45) is 5.92 Å². The summed E-state index contributed by atoms with van der Waals surface area (Å²) in [5.74, 6) is -1.58. The first-order chi connectivity index (χ1) is 8.82. The number of carbonyl (C=O) groups is 1. The Labute approximate surface area is 116 Å². The predicted octanol–water partition coefficient (Wildman–Crippen LogP) is 1.74. The molecule has 0 radical (unpaired) electrons. The summed E-state index contributed by atoms with van der Waals surface area (Å²) in [5, 5.41) is 9.39. The van der Waals surface area contributed by atoms with E-state index in [2.05, 4.69) is 0 Å². The van der Waals surface area contributed by atoms with E-state index in [9.17, 15) is 13.2 Å². The lowest BCUT2D eigenvalue weighted by atomic mass is 10.1. The average molecular weight is 304 g/mol. The van der Waals surface area contributed by atoms with Gasteiger partial charge in [-0.1, -0.05) is 11.6 Å². The summed E-state index contributed by atoms with van der Waals surface area (Å²) < 4.78 is 26.1. The zero-order valence-corrected chi connectivity index (χ0v) is 11.9. The third-order valence-corrected chi connectivity index (χ3v) is 5.52. The summed E-state index contributed by atoms with van der Waals surface area (Å²) in [6.45, 7) is 1.94. The van der Waals surface area contributed by atoms with Crippen molar-refractivity contribution < 1.29 is 18.3 Å². The van der Waals surface area contributed by atoms with Gasteiger partial charge in [0, 0.05) is 18.1 Å². The lowest BCUT2D eigenvalue weighted by Crippen LogP contribution is -2.30. The summed E-state index contributed by atoms with van der Waals surface area (Å²) in [6, 6.07) is 4.56. The van der Waals surface area contributed by atoms with Gasteiger partial charge in [-0.3, -0.25) is 4.79 Å². The molecule has 1 aliphatic rings. The Kier molecular flexibility index (Phi) is 3.85. The van der Waals surface area contributed by atoms with Crippen molar-refractivity contribution in [1.82, 2.24) is 4.31 Å². The van der Waals surface area contributed by atoms with Gasteiger partial charge >= 0.3 is 5.97 Å². The van der Waals surface area contributed by atoms with Crippen molar-refractivity contribution in [1.29, 1.82) is 0 Å². The standard InChI is InChI=1S/C12H14ClNO4S/c1-8-6-10(13)2-3-11(8)19(17,18)14-5-4-9(7-14)12(15)16/h2-3,6,9H,4-5,7H2,1H3,(H,15,16). The number of sulfonamides is 1. The van der Waals surface area contributed by atoms with Crippen LogP contribution in [0.5, 0.6) is 0 Å². The van der Waals surface area contributed by atoms with Crippen LogP contribution in [0.25, 0.3) is 0 Å². The van der Waals surface area contributed by atoms with Crippen molar-refractivity contribution in [2.75, 3.05) is 13.1 Å². The van der Waals surface area contributed by atoms with Crippen molar-refractivity contribution >= 4 is 27.6 Å². The van der Waals surface area contributed by atoms with E-state index in [0.717, 1.165) is 0 Å². The smallest absolute Gasteiger partial charge is 0.307 e. The lowest BCUT2D eigenvalue weighted by Gasteiger charge is -2.17. The highest BCUT2D eigenvalue weighted by Crippen LogP contribution is 2.27. The molecule has 0 bridgehead atoms. The van der Waals surface area contributed by atoms with E-state index in [-0.39, 0.29) is 18.0 Å². The van der Waals surface area contributed by atoms with Crippen LogP contribution in [-0.2, 0) is 14.8 Å². The quantitative estimate of drug-likeness (QED) is 0.923. The second-order valence-electron chi connectivity index (χ2n) is 4.60. The number of benzene rings is 1. The molecule has 5 nitrogen and oxygen atoms in total. The molecular weight excluding hydrogens is 290 g/mol. The molecule has 7 heteroatoms. The highest BCUT2D eigenvalue weighted by molar-refractivity contribution is 7.89. The van der Waals surface area contributed by atoms with Gasteiger partial charge in [0.2, 0.25) is 10.0 Å². The van der Waals surface area contributed by atoms with Gasteiger partial charge in [-0.25, -0.2) is 8.42 Å². The number of aryl methyl sites for hydroxylation is 1. The van der Waals surface area contributed by atoms with Crippen LogP contribution in [-0.4, -0.2) is 36.9 Å². The zero-order chi connectivity index (χ0) is 14.2. The van der Waals surface area contributed by atoms with Crippen LogP contribution in [0.4, 0.5) is 0 Å². The minimum Gasteiger partial charge on any atom is -0.481 e. The molecule has 1 aromatic rings. The predicted molar refractivity (Wildman–Crippen MR) is 70.7 cm³/mol. The van der Waals surface area contributed by atoms with Gasteiger partial charge in [-0.05, 0) is 37.1 Å². The van der Waals surface area contributed by atoms with Gasteiger partial charge < -0.3 is 5.11 Å². The summed E-state index contributed by atoms with van der Waals surface area (Å²) in [6.07, 6.45) is 0.348. The molecule has 1 saturated heterocycles. The summed E-state index contributed by atoms with van der Waals surface area (Å²) in [5.41, 5.74) is 0.561. The van der Waals surface area contributed by atoms with Gasteiger partial charge in [0.15, 0.2) is 0 Å². The number of nitrogens with zero attached hydrogens (tertiary/aromatic N) is 1. The van der Waals surface area contributed by atoms with E-state index in [0.29, 0.717) is 17.0 Å². The lowest BCUT2D eigenvalue weighted by molar-refractivity contribution is -0.141. The van der Waals surface area contributed by atoms with Crippen LogP contribution in [0.2, 0.25) is 5.02 Å². The highest BCUT2D eigenvalue weighted by atomic mass is 35.5. The normalized spacial score (nSPS) is 20.6. The van der Waals surface area contributed by atoms with E-state index < -0.39 is 21.9 Å². The number of hydrogen-bond donors (Lipinski definition) is 1. The molecule has 0 amide bonds. The van der Waals surface area contributed by atoms with Gasteiger partial charge in [0.1, 0.15) is 0 Å². The molecule has 1 fully saturated rings. The molecule has 19 heavy (non-hydrogen) atoms. The maximum atomic E-state index is 12.4. The Hall–Kier alpha value is -1.11. The van der Waals surface area contributed by atoms with Gasteiger partial charge in [0.25, 0.3) is 0 Å². The van der Waals surface area contributed by atoms with Crippen molar-refractivity contribution in [3.8, 4) is 0 Å². The molecule has 1 aromatic carbocycles. The zero-order valence-electron chi connectivity index (χ0n) is 10.3. The van der Waals surface area contributed by atoms with Crippen LogP contribution < -0.4 is 0 Å². The van der Waals surface area contributed by atoms with E-state index >= 15 is 0 Å². The molecule has 104 valence electrons. The van der Waals surface area contributed by atoms with Crippen LogP contribution >= 0.6 is 11.6 Å². The molecule has 0 spiro atoms. The number of rotatable bonds is 3. The Morgan fingerprint density at radius 1 is 1.47 bits per heavy atom. The maximum Gasteiger partial charge on any atom is 0.307 e. The van der Waals surface area contributed by atoms with Crippen molar-refractivity contribution in [2.45, 2.75) is 18.2 Å². The van der Waals surface area contributed by atoms with Crippen LogP contribution in [0.3, 0.4) is 0 Å². The molecule has 0 aromatic heterocycles. The van der Waals surface area contributed by atoms with Gasteiger partial charge in [0.05, 0.1) is 10.8 Å². The van der Waals surface area contributed by atoms with E-state index in [1.54, 1.807) is 13.0 Å². The fraction of sp³-hybridized carbons (Fsp3) is 0.417. The Morgan fingerprint density at radius 2 is 2.16 bits per heavy atom. The summed E-state index contributed by atoms with van der Waals surface area (Å²) >= 11 is 5.81. The molecule has 1 atom stereocenters. The molecule has 0 saturated carbocycles. The number of carboxylic acids is 1. The average Bonchev–Trinajstić information content (AvgIpc) is 2.78. The number of carboxylic acid groups (broad SMARTS) is 1. The highest BCUT2D eigenvalue weighted by Gasteiger charge is 2.36. The monoisotopic (exact) mass is 303 g/mol. The largest absolute Gasteiger partial charge is 0.481 e. The first kappa shape index (κ1) is 14.3. The SMILES string of the molecule is Cc1cc(Cl)ccc1S(=O)(=O)N1CCC(C(=O)O)C1. The van der Waals surface area contributed by atoms with Gasteiger partial charge in [-0.2, -0.15) is 4.31 Å². The maximum absolute atomic E-state index is 12.4. The van der Waals surface area contributed by atoms with Crippen molar-refractivity contribution in [3.05, 3.63) is 28.8 Å². The molecule has 2 rings (SSSR count). The van der Waals surface area contributed by atoms with Crippen molar-refractivity contribution in [3.63, 3.8) is 0 Å². The Bertz CT molecular complexity index is 614. The van der Waals surface area contributed by atoms with Crippen LogP contribution in [0, 0.1) is 12.8 Å². The molecule has 1 aliphatic heterocycles. The number of hydrogen-bond acceptors (Lipinski definition) is 3. The third-order valence-electron chi connectivity index (χ3n) is 3.26. The summed E-state index contributed by atoms with van der Waals surface area (Å²) in [4.78, 5) is 11.1. The second kappa shape index (κ2) is 5.11. The van der Waals surface area contributed by atoms with E-state index in [4.69, 9.17) is 16.7 Å². The third kappa shape index (κ3) is 2.75. The number of aliphatic carboxylic acids is 1. The topological polar surface area (TPSA) is 74.7 Å². The van der Waals surface area contributed by atoms with Crippen LogP contribution in [0.1, 0.15) is 12.0 Å². The Balaban J connectivity index is 2.31. The molecule has 1 heterocycles. The van der Waals surface area contributed by atoms with Gasteiger partial charge in [-0.15, -0.1) is 0 Å².